The lowest BCUT2D eigenvalue weighted by molar-refractivity contribution is -0.143. The van der Waals surface area contributed by atoms with Crippen molar-refractivity contribution < 1.29 is 24.5 Å². The molecular formula is C67H129NO5. The van der Waals surface area contributed by atoms with Crippen molar-refractivity contribution in [2.45, 2.75) is 379 Å². The van der Waals surface area contributed by atoms with Gasteiger partial charge in [-0.1, -0.05) is 321 Å². The fraction of sp³-hybridized carbons (Fsp3) is 0.910. The molecule has 0 aliphatic carbocycles. The van der Waals surface area contributed by atoms with Crippen molar-refractivity contribution in [1.29, 1.82) is 0 Å². The molecule has 0 spiro atoms. The normalized spacial score (nSPS) is 12.7. The fourth-order valence-electron chi connectivity index (χ4n) is 10.4. The summed E-state index contributed by atoms with van der Waals surface area (Å²) in [5.41, 5.74) is 0. The molecule has 0 rings (SSSR count). The summed E-state index contributed by atoms with van der Waals surface area (Å²) in [6, 6.07) is -0.624. The number of carbonyl (C=O) groups is 2. The molecule has 432 valence electrons. The Morgan fingerprint density at radius 2 is 0.644 bits per heavy atom. The first kappa shape index (κ1) is 71.3. The van der Waals surface area contributed by atoms with Crippen molar-refractivity contribution in [2.24, 2.45) is 0 Å². The van der Waals surface area contributed by atoms with Crippen LogP contribution < -0.4 is 5.32 Å². The van der Waals surface area contributed by atoms with E-state index in [2.05, 4.69) is 31.3 Å². The van der Waals surface area contributed by atoms with Crippen LogP contribution in [-0.4, -0.2) is 47.4 Å². The summed E-state index contributed by atoms with van der Waals surface area (Å²) < 4.78 is 5.47. The molecule has 0 aromatic rings. The van der Waals surface area contributed by atoms with Gasteiger partial charge in [-0.3, -0.25) is 9.59 Å². The van der Waals surface area contributed by atoms with Gasteiger partial charge in [0.1, 0.15) is 0 Å². The Hall–Kier alpha value is -1.66. The van der Waals surface area contributed by atoms with E-state index < -0.39 is 12.1 Å². The molecule has 6 nitrogen and oxygen atoms in total. The maximum absolute atomic E-state index is 12.5. The molecule has 6 heteroatoms. The van der Waals surface area contributed by atoms with Gasteiger partial charge >= 0.3 is 5.97 Å². The summed E-state index contributed by atoms with van der Waals surface area (Å²) in [6.07, 6.45) is 78.2. The van der Waals surface area contributed by atoms with E-state index in [0.29, 0.717) is 19.4 Å². The minimum atomic E-state index is -0.841. The van der Waals surface area contributed by atoms with E-state index in [1.54, 1.807) is 6.08 Å². The highest BCUT2D eigenvalue weighted by atomic mass is 16.5. The molecule has 0 saturated carbocycles. The van der Waals surface area contributed by atoms with Gasteiger partial charge in [-0.15, -0.1) is 0 Å². The first-order valence-electron chi connectivity index (χ1n) is 33.1. The Kier molecular flexibility index (Phi) is 61.4. The average molecular weight is 1030 g/mol. The highest BCUT2D eigenvalue weighted by Crippen LogP contribution is 2.18. The number of aliphatic hydroxyl groups excluding tert-OH is 2. The number of hydrogen-bond acceptors (Lipinski definition) is 5. The van der Waals surface area contributed by atoms with Gasteiger partial charge in [0.2, 0.25) is 5.91 Å². The number of amides is 1. The van der Waals surface area contributed by atoms with Gasteiger partial charge in [-0.25, -0.2) is 0 Å². The number of allylic oxidation sites excluding steroid dienone is 3. The number of rotatable bonds is 62. The molecule has 0 aromatic carbocycles. The summed E-state index contributed by atoms with van der Waals surface area (Å²) in [6.45, 7) is 4.90. The van der Waals surface area contributed by atoms with Crippen LogP contribution in [0.2, 0.25) is 0 Å². The summed E-state index contributed by atoms with van der Waals surface area (Å²) in [5.74, 6) is -0.0524. The number of ether oxygens (including phenoxy) is 1. The molecule has 2 unspecified atom stereocenters. The van der Waals surface area contributed by atoms with Gasteiger partial charge in [-0.05, 0) is 57.8 Å². The predicted octanol–water partition coefficient (Wildman–Crippen LogP) is 21.0. The van der Waals surface area contributed by atoms with Crippen molar-refractivity contribution in [3.63, 3.8) is 0 Å². The highest BCUT2D eigenvalue weighted by Gasteiger charge is 2.18. The maximum Gasteiger partial charge on any atom is 0.305 e. The predicted molar refractivity (Wildman–Crippen MR) is 320 cm³/mol. The number of esters is 1. The van der Waals surface area contributed by atoms with Crippen molar-refractivity contribution in [1.82, 2.24) is 5.32 Å². The summed E-state index contributed by atoms with van der Waals surface area (Å²) in [5, 5.41) is 23.1. The van der Waals surface area contributed by atoms with Crippen molar-refractivity contribution in [3.05, 3.63) is 24.3 Å². The molecule has 1 amide bonds. The van der Waals surface area contributed by atoms with Crippen LogP contribution in [0.4, 0.5) is 0 Å². The Morgan fingerprint density at radius 3 is 1.00 bits per heavy atom. The lowest BCUT2D eigenvalue weighted by Gasteiger charge is -2.20. The van der Waals surface area contributed by atoms with E-state index in [-0.39, 0.29) is 18.5 Å². The number of nitrogens with one attached hydrogen (secondary N) is 1. The zero-order valence-corrected chi connectivity index (χ0v) is 49.4. The summed E-state index contributed by atoms with van der Waals surface area (Å²) in [7, 11) is 0. The van der Waals surface area contributed by atoms with Crippen LogP contribution in [0.25, 0.3) is 0 Å². The van der Waals surface area contributed by atoms with E-state index in [4.69, 9.17) is 4.74 Å². The van der Waals surface area contributed by atoms with E-state index in [1.165, 1.54) is 295 Å². The van der Waals surface area contributed by atoms with Crippen molar-refractivity contribution >= 4 is 11.9 Å². The van der Waals surface area contributed by atoms with Crippen LogP contribution in [-0.2, 0) is 14.3 Å². The zero-order chi connectivity index (χ0) is 52.9. The van der Waals surface area contributed by atoms with Gasteiger partial charge in [0.15, 0.2) is 0 Å². The fourth-order valence-corrected chi connectivity index (χ4v) is 10.4. The second-order valence-corrected chi connectivity index (χ2v) is 22.8. The number of hydrogen-bond donors (Lipinski definition) is 3. The van der Waals surface area contributed by atoms with E-state index in [0.717, 1.165) is 44.9 Å². The van der Waals surface area contributed by atoms with Crippen LogP contribution >= 0.6 is 0 Å². The first-order chi connectivity index (χ1) is 36.0. The molecule has 0 heterocycles. The topological polar surface area (TPSA) is 95.9 Å². The van der Waals surface area contributed by atoms with E-state index in [1.807, 2.05) is 6.08 Å². The third kappa shape index (κ3) is 59.4. The quantitative estimate of drug-likeness (QED) is 0.0320. The first-order valence-corrected chi connectivity index (χ1v) is 33.1. The Labute approximate surface area is 456 Å². The maximum atomic E-state index is 12.5. The molecule has 0 aliphatic heterocycles. The molecule has 2 atom stereocenters. The zero-order valence-electron chi connectivity index (χ0n) is 49.4. The van der Waals surface area contributed by atoms with Gasteiger partial charge in [0, 0.05) is 12.8 Å². The summed E-state index contributed by atoms with van der Waals surface area (Å²) in [4.78, 5) is 24.5. The number of unbranched alkanes of at least 4 members (excludes halogenated alkanes) is 49. The number of aliphatic hydroxyl groups is 2. The molecular weight excluding hydrogens is 899 g/mol. The molecule has 0 fully saturated rings. The van der Waals surface area contributed by atoms with Crippen LogP contribution in [0, 0.1) is 0 Å². The van der Waals surface area contributed by atoms with Crippen LogP contribution in [0.15, 0.2) is 24.3 Å². The smallest absolute Gasteiger partial charge is 0.305 e. The van der Waals surface area contributed by atoms with Crippen LogP contribution in [0.1, 0.15) is 367 Å². The van der Waals surface area contributed by atoms with Crippen LogP contribution in [0.3, 0.4) is 0 Å². The number of carbonyl (C=O) groups excluding carboxylic acids is 2. The minimum Gasteiger partial charge on any atom is -0.466 e. The molecule has 0 radical (unpaired) electrons. The average Bonchev–Trinajstić information content (AvgIpc) is 3.39. The molecule has 0 saturated heterocycles. The van der Waals surface area contributed by atoms with Gasteiger partial charge < -0.3 is 20.3 Å². The van der Waals surface area contributed by atoms with E-state index >= 15 is 0 Å². The molecule has 73 heavy (non-hydrogen) atoms. The highest BCUT2D eigenvalue weighted by molar-refractivity contribution is 5.76. The largest absolute Gasteiger partial charge is 0.466 e. The molecule has 0 bridgehead atoms. The van der Waals surface area contributed by atoms with E-state index in [9.17, 15) is 19.8 Å². The van der Waals surface area contributed by atoms with Gasteiger partial charge in [-0.2, -0.15) is 0 Å². The Balaban J connectivity index is 3.34. The Bertz CT molecular complexity index is 1140. The third-order valence-electron chi connectivity index (χ3n) is 15.5. The van der Waals surface area contributed by atoms with Gasteiger partial charge in [0.25, 0.3) is 0 Å². The van der Waals surface area contributed by atoms with Crippen LogP contribution in [0.5, 0.6) is 0 Å². The third-order valence-corrected chi connectivity index (χ3v) is 15.5. The molecule has 0 aromatic heterocycles. The van der Waals surface area contributed by atoms with Crippen molar-refractivity contribution in [3.8, 4) is 0 Å². The lowest BCUT2D eigenvalue weighted by Crippen LogP contribution is -2.45. The van der Waals surface area contributed by atoms with Gasteiger partial charge in [0.05, 0.1) is 25.4 Å². The Morgan fingerprint density at radius 1 is 0.370 bits per heavy atom. The summed E-state index contributed by atoms with van der Waals surface area (Å²) >= 11 is 0. The second-order valence-electron chi connectivity index (χ2n) is 22.8. The minimum absolute atomic E-state index is 0.00993. The standard InChI is InChI=1S/C67H129NO5/c1-3-5-7-9-11-13-15-17-36-39-43-47-51-55-59-65(70)64(63-69)68-66(71)60-56-52-48-44-40-37-34-32-30-28-26-24-22-20-18-19-21-23-25-27-29-31-33-35-38-42-46-50-54-58-62-73-67(72)61-57-53-49-45-41-16-14-12-10-8-6-4-2/h12,14,55,59,64-65,69-70H,3-11,13,15-54,56-58,60-63H2,1-2H3,(H,68,71)/b14-12-,59-55+. The lowest BCUT2D eigenvalue weighted by atomic mass is 10.0. The molecule has 0 aliphatic rings. The monoisotopic (exact) mass is 1030 g/mol. The SMILES string of the molecule is CCCCC/C=C\CCCCCCCC(=O)OCCCCCCCCCCCCCCCCCCCCCCCCCCCCCCCCC(=O)NC(CO)C(O)/C=C/CCCCCCCCCCCCCC. The van der Waals surface area contributed by atoms with Crippen molar-refractivity contribution in [2.75, 3.05) is 13.2 Å². The molecule has 3 N–H and O–H groups in total. The second kappa shape index (κ2) is 62.9.